The predicted molar refractivity (Wildman–Crippen MR) is 192 cm³/mol. The van der Waals surface area contributed by atoms with E-state index >= 15 is 0 Å². The van der Waals surface area contributed by atoms with Gasteiger partial charge in [0.2, 0.25) is 0 Å². The van der Waals surface area contributed by atoms with Crippen LogP contribution in [0.1, 0.15) is 106 Å². The first-order valence-electron chi connectivity index (χ1n) is 20.2. The topological polar surface area (TPSA) is 224 Å². The second-order valence-corrected chi connectivity index (χ2v) is 20.0. The van der Waals surface area contributed by atoms with Crippen LogP contribution >= 0.6 is 0 Å². The van der Waals surface area contributed by atoms with Crippen molar-refractivity contribution in [2.45, 2.75) is 161 Å². The average Bonchev–Trinajstić information content (AvgIpc) is 3.50. The lowest BCUT2D eigenvalue weighted by Gasteiger charge is -2.73. The fourth-order valence-electron chi connectivity index (χ4n) is 15.1. The average molecular weight is 765 g/mol. The minimum atomic E-state index is -2.40. The second-order valence-electron chi connectivity index (χ2n) is 20.0. The molecule has 13 nitrogen and oxygen atoms in total. The molecule has 7 aliphatic rings. The van der Waals surface area contributed by atoms with E-state index < -0.39 is 90.1 Å². The van der Waals surface area contributed by atoms with Gasteiger partial charge >= 0.3 is 11.9 Å². The third-order valence-electron chi connectivity index (χ3n) is 17.8. The molecule has 2 heterocycles. The van der Waals surface area contributed by atoms with E-state index in [4.69, 9.17) is 14.2 Å². The summed E-state index contributed by atoms with van der Waals surface area (Å²) < 4.78 is 16.8. The Morgan fingerprint density at radius 1 is 0.778 bits per heavy atom. The maximum atomic E-state index is 13.1. The van der Waals surface area contributed by atoms with Crippen LogP contribution in [0.2, 0.25) is 0 Å². The molecule has 0 aromatic rings. The number of aliphatic hydroxyl groups is 6. The SMILES string of the molecule is C=C(C)[C@@H]1CC[C@]2(C(=O)O)CC[C@]3(C)[C@H](CCC4[C@@]5(C)CCC([C@@]6(O)[C@H](O)[C@@H](C(=O)O)O[C@@H](O)[C@@H]6O[C@@H]6OC[C@@H](O)[C@H](O)[C@H]6O)C(C)(C)[C@@H]5CC[C@]43C)[C@@H]12. The number of fused-ring (bicyclic) bond motifs is 7. The van der Waals surface area contributed by atoms with Gasteiger partial charge < -0.3 is 55.1 Å². The smallest absolute Gasteiger partial charge is 0.335 e. The monoisotopic (exact) mass is 764 g/mol. The fraction of sp³-hybridized carbons (Fsp3) is 0.902. The molecule has 0 aromatic heterocycles. The zero-order chi connectivity index (χ0) is 39.7. The Morgan fingerprint density at radius 2 is 1.44 bits per heavy atom. The van der Waals surface area contributed by atoms with Gasteiger partial charge in [0.1, 0.15) is 36.1 Å². The molecule has 5 saturated carbocycles. The van der Waals surface area contributed by atoms with Gasteiger partial charge in [0.15, 0.2) is 18.7 Å². The van der Waals surface area contributed by atoms with Crippen LogP contribution < -0.4 is 0 Å². The fourth-order valence-corrected chi connectivity index (χ4v) is 15.1. The predicted octanol–water partition coefficient (Wildman–Crippen LogP) is 3.06. The summed E-state index contributed by atoms with van der Waals surface area (Å²) in [6.45, 7) is 17.3. The quantitative estimate of drug-likeness (QED) is 0.183. The van der Waals surface area contributed by atoms with Crippen molar-refractivity contribution in [1.82, 2.24) is 0 Å². The standard InChI is InChI=1S/C41H64O13/c1-19(2)20-10-15-40(35(49)50)17-16-38(6)21(26(20)40)8-9-25-37(5)13-11-24(36(3,4)23(37)12-14-39(25,38)7)41(51)30(45)29(32(46)47)53-33(48)31(41)54-34-28(44)27(43)22(42)18-52-34/h20-31,33-34,42-45,48,51H,1,8-18H2,2-7H3,(H,46,47)(H,49,50)/t20-,21+,22+,23-,24?,25?,26+,27-,28+,29-,30+,31-,33+,34-,37-,38+,39+,40-,41+/m0/s1. The van der Waals surface area contributed by atoms with Gasteiger partial charge in [0, 0.05) is 0 Å². The lowest BCUT2D eigenvalue weighted by molar-refractivity contribution is -0.385. The van der Waals surface area contributed by atoms with Crippen LogP contribution in [-0.4, -0.2) is 114 Å². The lowest BCUT2D eigenvalue weighted by atomic mass is 9.31. The van der Waals surface area contributed by atoms with E-state index in [2.05, 4.69) is 34.3 Å². The number of rotatable bonds is 6. The van der Waals surface area contributed by atoms with Crippen molar-refractivity contribution in [2.75, 3.05) is 6.61 Å². The summed E-state index contributed by atoms with van der Waals surface area (Å²) in [4.78, 5) is 25.4. The van der Waals surface area contributed by atoms with Crippen molar-refractivity contribution >= 4 is 11.9 Å². The van der Waals surface area contributed by atoms with Crippen molar-refractivity contribution in [1.29, 1.82) is 0 Å². The molecule has 7 rings (SSSR count). The minimum absolute atomic E-state index is 0.00644. The van der Waals surface area contributed by atoms with Gasteiger partial charge in [-0.05, 0) is 128 Å². The Kier molecular flexibility index (Phi) is 9.88. The molecule has 0 amide bonds. The number of carbonyl (C=O) groups is 2. The summed E-state index contributed by atoms with van der Waals surface area (Å²) in [5.41, 5.74) is -3.19. The van der Waals surface area contributed by atoms with E-state index in [-0.39, 0.29) is 45.8 Å². The van der Waals surface area contributed by atoms with Crippen LogP contribution in [0.4, 0.5) is 0 Å². The summed E-state index contributed by atoms with van der Waals surface area (Å²) in [5.74, 6) is -2.27. The van der Waals surface area contributed by atoms with Gasteiger partial charge in [0.05, 0.1) is 12.0 Å². The largest absolute Gasteiger partial charge is 0.481 e. The van der Waals surface area contributed by atoms with Crippen LogP contribution in [0.5, 0.6) is 0 Å². The molecule has 54 heavy (non-hydrogen) atoms. The molecule has 0 spiro atoms. The van der Waals surface area contributed by atoms with Gasteiger partial charge in [0.25, 0.3) is 0 Å². The molecule has 13 heteroatoms. The highest BCUT2D eigenvalue weighted by molar-refractivity contribution is 5.76. The Bertz CT molecular complexity index is 1520. The number of ether oxygens (including phenoxy) is 3. The first-order chi connectivity index (χ1) is 25.0. The van der Waals surface area contributed by atoms with Crippen molar-refractivity contribution in [3.8, 4) is 0 Å². The molecule has 2 saturated heterocycles. The normalized spacial score (nSPS) is 55.4. The van der Waals surface area contributed by atoms with E-state index in [1.54, 1.807) is 0 Å². The van der Waals surface area contributed by atoms with Crippen LogP contribution in [-0.2, 0) is 23.8 Å². The molecule has 8 N–H and O–H groups in total. The summed E-state index contributed by atoms with van der Waals surface area (Å²) in [6, 6.07) is 0. The van der Waals surface area contributed by atoms with Crippen molar-refractivity contribution in [3.05, 3.63) is 12.2 Å². The Labute approximate surface area is 318 Å². The molecule has 7 fully saturated rings. The number of carboxylic acid groups (broad SMARTS) is 2. The highest BCUT2D eigenvalue weighted by atomic mass is 16.7. The van der Waals surface area contributed by atoms with Gasteiger partial charge in [-0.15, -0.1) is 0 Å². The molecule has 2 aliphatic heterocycles. The van der Waals surface area contributed by atoms with Gasteiger partial charge in [-0.3, -0.25) is 4.79 Å². The second kappa shape index (κ2) is 13.2. The van der Waals surface area contributed by atoms with Gasteiger partial charge in [-0.2, -0.15) is 0 Å². The van der Waals surface area contributed by atoms with Crippen LogP contribution in [0, 0.1) is 62.6 Å². The number of hydrogen-bond donors (Lipinski definition) is 8. The summed E-state index contributed by atoms with van der Waals surface area (Å²) in [5, 5.41) is 87.8. The molecule has 0 aromatic carbocycles. The minimum Gasteiger partial charge on any atom is -0.481 e. The zero-order valence-electron chi connectivity index (χ0n) is 32.7. The van der Waals surface area contributed by atoms with Crippen molar-refractivity contribution < 1.29 is 64.7 Å². The molecule has 19 atom stereocenters. The first-order valence-corrected chi connectivity index (χ1v) is 20.2. The number of hydrogen-bond acceptors (Lipinski definition) is 11. The molecule has 0 radical (unpaired) electrons. The Hall–Kier alpha value is -1.68. The number of aliphatic hydroxyl groups excluding tert-OH is 5. The molecular formula is C41H64O13. The first kappa shape index (κ1) is 40.5. The summed E-state index contributed by atoms with van der Waals surface area (Å²) in [7, 11) is 0. The lowest BCUT2D eigenvalue weighted by Crippen LogP contribution is -2.76. The maximum absolute atomic E-state index is 13.1. The van der Waals surface area contributed by atoms with Gasteiger partial charge in [-0.1, -0.05) is 46.8 Å². The van der Waals surface area contributed by atoms with Crippen LogP contribution in [0.15, 0.2) is 12.2 Å². The summed E-state index contributed by atoms with van der Waals surface area (Å²) in [6.07, 6.45) is -6.68. The van der Waals surface area contributed by atoms with Crippen molar-refractivity contribution in [3.63, 3.8) is 0 Å². The zero-order valence-corrected chi connectivity index (χ0v) is 32.7. The van der Waals surface area contributed by atoms with Crippen LogP contribution in [0.3, 0.4) is 0 Å². The third-order valence-corrected chi connectivity index (χ3v) is 17.8. The third kappa shape index (κ3) is 5.28. The molecule has 0 bridgehead atoms. The van der Waals surface area contributed by atoms with E-state index in [1.807, 2.05) is 13.8 Å². The van der Waals surface area contributed by atoms with E-state index in [0.29, 0.717) is 25.7 Å². The molecular weight excluding hydrogens is 700 g/mol. The number of aliphatic carboxylic acids is 2. The Balaban J connectivity index is 1.22. The van der Waals surface area contributed by atoms with Gasteiger partial charge in [-0.25, -0.2) is 4.79 Å². The molecule has 2 unspecified atom stereocenters. The molecule has 306 valence electrons. The summed E-state index contributed by atoms with van der Waals surface area (Å²) >= 11 is 0. The van der Waals surface area contributed by atoms with Crippen LogP contribution in [0.25, 0.3) is 0 Å². The highest BCUT2D eigenvalue weighted by Gasteiger charge is 2.74. The van der Waals surface area contributed by atoms with E-state index in [9.17, 15) is 50.4 Å². The van der Waals surface area contributed by atoms with Crippen molar-refractivity contribution in [2.24, 2.45) is 62.6 Å². The molecule has 5 aliphatic carbocycles. The van der Waals surface area contributed by atoms with E-state index in [1.165, 1.54) is 0 Å². The number of allylic oxidation sites excluding steroid dienone is 1. The van der Waals surface area contributed by atoms with E-state index in [0.717, 1.165) is 44.1 Å². The Morgan fingerprint density at radius 3 is 2.07 bits per heavy atom. The highest BCUT2D eigenvalue weighted by Crippen LogP contribution is 2.78. The maximum Gasteiger partial charge on any atom is 0.335 e. The number of carboxylic acids is 2.